The Morgan fingerprint density at radius 1 is 1.17 bits per heavy atom. The summed E-state index contributed by atoms with van der Waals surface area (Å²) in [5, 5.41) is 11.1. The number of carbonyl (C=O) groups excluding carboxylic acids is 1. The number of hydrogen-bond donors (Lipinski definition) is 1. The molecule has 1 aliphatic rings. The molecule has 3 rings (SSSR count). The van der Waals surface area contributed by atoms with Gasteiger partial charge >= 0.3 is 0 Å². The van der Waals surface area contributed by atoms with Crippen molar-refractivity contribution in [3.63, 3.8) is 0 Å². The van der Waals surface area contributed by atoms with E-state index in [9.17, 15) is 4.79 Å². The highest BCUT2D eigenvalue weighted by Crippen LogP contribution is 2.36. The van der Waals surface area contributed by atoms with E-state index >= 15 is 0 Å². The average molecular weight is 318 g/mol. The first-order valence-corrected chi connectivity index (χ1v) is 7.89. The number of nitrogens with zero attached hydrogens (tertiary/aromatic N) is 3. The Balaban J connectivity index is 1.63. The van der Waals surface area contributed by atoms with E-state index in [1.807, 2.05) is 30.3 Å². The maximum Gasteiger partial charge on any atom is 0.252 e. The lowest BCUT2D eigenvalue weighted by Gasteiger charge is -2.12. The molecule has 1 aromatic carbocycles. The molecule has 1 aromatic heterocycles. The number of amides is 1. The summed E-state index contributed by atoms with van der Waals surface area (Å²) in [5.41, 5.74) is 2.02. The molecule has 0 saturated heterocycles. The van der Waals surface area contributed by atoms with Gasteiger partial charge in [-0.3, -0.25) is 9.78 Å². The normalized spacial score (nSPS) is 14.0. The maximum absolute atomic E-state index is 12.5. The van der Waals surface area contributed by atoms with Crippen molar-refractivity contribution < 1.29 is 4.79 Å². The summed E-state index contributed by atoms with van der Waals surface area (Å²) in [4.78, 5) is 16.7. The van der Waals surface area contributed by atoms with E-state index < -0.39 is 0 Å². The van der Waals surface area contributed by atoms with Gasteiger partial charge in [0.2, 0.25) is 0 Å². The van der Waals surface area contributed by atoms with Crippen LogP contribution in [0.5, 0.6) is 0 Å². The molecule has 0 aliphatic carbocycles. The van der Waals surface area contributed by atoms with Crippen LogP contribution in [0.2, 0.25) is 0 Å². The van der Waals surface area contributed by atoms with E-state index in [1.54, 1.807) is 18.5 Å². The van der Waals surface area contributed by atoms with Crippen molar-refractivity contribution in [2.24, 2.45) is 10.2 Å². The summed E-state index contributed by atoms with van der Waals surface area (Å²) >= 11 is 0. The van der Waals surface area contributed by atoms with Crippen LogP contribution < -0.4 is 5.32 Å². The van der Waals surface area contributed by atoms with Crippen molar-refractivity contribution in [1.29, 1.82) is 0 Å². The van der Waals surface area contributed by atoms with Gasteiger partial charge in [0, 0.05) is 43.8 Å². The minimum absolute atomic E-state index is 0.121. The fraction of sp³-hybridized carbons (Fsp3) is 0.263. The highest BCUT2D eigenvalue weighted by Gasteiger charge is 2.38. The van der Waals surface area contributed by atoms with Crippen molar-refractivity contribution in [2.75, 3.05) is 6.54 Å². The number of rotatable bonds is 7. The SMILES string of the molecule is C#CCCC1(CCNC(=O)c2ccncc2-c2ccccc2)N=N1. The molecule has 1 aliphatic heterocycles. The minimum Gasteiger partial charge on any atom is -0.352 e. The monoisotopic (exact) mass is 318 g/mol. The molecule has 2 heterocycles. The molecule has 0 radical (unpaired) electrons. The number of aromatic nitrogens is 1. The van der Waals surface area contributed by atoms with Gasteiger partial charge in [-0.25, -0.2) is 0 Å². The lowest BCUT2D eigenvalue weighted by molar-refractivity contribution is 0.0952. The predicted molar refractivity (Wildman–Crippen MR) is 92.3 cm³/mol. The summed E-state index contributed by atoms with van der Waals surface area (Å²) in [7, 11) is 0. The quantitative estimate of drug-likeness (QED) is 0.795. The smallest absolute Gasteiger partial charge is 0.252 e. The first kappa shape index (κ1) is 15.9. The van der Waals surface area contributed by atoms with Gasteiger partial charge in [-0.1, -0.05) is 30.3 Å². The van der Waals surface area contributed by atoms with Crippen LogP contribution in [0, 0.1) is 12.3 Å². The van der Waals surface area contributed by atoms with E-state index in [1.165, 1.54) is 0 Å². The molecule has 24 heavy (non-hydrogen) atoms. The minimum atomic E-state index is -0.375. The van der Waals surface area contributed by atoms with Gasteiger partial charge < -0.3 is 5.32 Å². The number of pyridine rings is 1. The van der Waals surface area contributed by atoms with Crippen LogP contribution in [-0.2, 0) is 0 Å². The van der Waals surface area contributed by atoms with Crippen LogP contribution in [0.1, 0.15) is 29.6 Å². The third-order valence-corrected chi connectivity index (χ3v) is 4.01. The summed E-state index contributed by atoms with van der Waals surface area (Å²) in [6, 6.07) is 11.5. The Bertz CT molecular complexity index is 787. The van der Waals surface area contributed by atoms with Crippen LogP contribution in [0.15, 0.2) is 59.0 Å². The lowest BCUT2D eigenvalue weighted by Crippen LogP contribution is -2.28. The first-order valence-electron chi connectivity index (χ1n) is 7.89. The summed E-state index contributed by atoms with van der Waals surface area (Å²) in [6.45, 7) is 0.507. The molecule has 0 unspecified atom stereocenters. The highest BCUT2D eigenvalue weighted by atomic mass is 16.1. The van der Waals surface area contributed by atoms with Crippen molar-refractivity contribution >= 4 is 5.91 Å². The molecular weight excluding hydrogens is 300 g/mol. The molecule has 5 nitrogen and oxygen atoms in total. The Morgan fingerprint density at radius 2 is 1.96 bits per heavy atom. The molecule has 0 atom stereocenters. The Kier molecular flexibility index (Phi) is 4.66. The number of benzene rings is 1. The zero-order valence-corrected chi connectivity index (χ0v) is 13.3. The molecule has 120 valence electrons. The number of hydrogen-bond acceptors (Lipinski definition) is 4. The third kappa shape index (κ3) is 3.66. The van der Waals surface area contributed by atoms with Gasteiger partial charge in [0.15, 0.2) is 5.66 Å². The fourth-order valence-electron chi connectivity index (χ4n) is 2.58. The predicted octanol–water partition coefficient (Wildman–Crippen LogP) is 3.44. The largest absolute Gasteiger partial charge is 0.352 e. The van der Waals surface area contributed by atoms with Gasteiger partial charge in [0.05, 0.1) is 5.56 Å². The highest BCUT2D eigenvalue weighted by molar-refractivity contribution is 6.00. The van der Waals surface area contributed by atoms with E-state index in [2.05, 4.69) is 26.4 Å². The number of terminal acetylenes is 1. The molecule has 0 spiro atoms. The second kappa shape index (κ2) is 7.05. The molecule has 2 aromatic rings. The van der Waals surface area contributed by atoms with E-state index in [0.717, 1.165) is 17.5 Å². The summed E-state index contributed by atoms with van der Waals surface area (Å²) < 4.78 is 0. The van der Waals surface area contributed by atoms with E-state index in [-0.39, 0.29) is 11.6 Å². The second-order valence-electron chi connectivity index (χ2n) is 5.68. The molecule has 0 bridgehead atoms. The second-order valence-corrected chi connectivity index (χ2v) is 5.68. The van der Waals surface area contributed by atoms with Crippen molar-refractivity contribution in [3.05, 3.63) is 54.4 Å². The van der Waals surface area contributed by atoms with E-state index in [0.29, 0.717) is 24.9 Å². The van der Waals surface area contributed by atoms with Crippen LogP contribution >= 0.6 is 0 Å². The fourth-order valence-corrected chi connectivity index (χ4v) is 2.58. The number of carbonyl (C=O) groups is 1. The van der Waals surface area contributed by atoms with Gasteiger partial charge in [-0.05, 0) is 11.6 Å². The Labute approximate surface area is 141 Å². The van der Waals surface area contributed by atoms with Crippen molar-refractivity contribution in [3.8, 4) is 23.5 Å². The molecule has 5 heteroatoms. The van der Waals surface area contributed by atoms with E-state index in [4.69, 9.17) is 6.42 Å². The van der Waals surface area contributed by atoms with Gasteiger partial charge in [-0.2, -0.15) is 10.2 Å². The summed E-state index contributed by atoms with van der Waals surface area (Å²) in [5.74, 6) is 2.48. The van der Waals surface area contributed by atoms with Crippen LogP contribution in [0.3, 0.4) is 0 Å². The van der Waals surface area contributed by atoms with Gasteiger partial charge in [0.1, 0.15) is 0 Å². The van der Waals surface area contributed by atoms with Gasteiger partial charge in [0.25, 0.3) is 5.91 Å². The first-order chi connectivity index (χ1) is 11.7. The van der Waals surface area contributed by atoms with Gasteiger partial charge in [-0.15, -0.1) is 12.3 Å². The topological polar surface area (TPSA) is 66.7 Å². The summed E-state index contributed by atoms with van der Waals surface area (Å²) in [6.07, 6.45) is 10.7. The standard InChI is InChI=1S/C19H18N4O/c1-2-3-10-19(22-23-19)11-13-21-18(24)16-9-12-20-14-17(16)15-7-5-4-6-8-15/h1,4-9,12,14H,3,10-11,13H2,(H,21,24). The molecule has 1 amide bonds. The molecule has 0 saturated carbocycles. The molecule has 1 N–H and O–H groups in total. The zero-order chi connectivity index (χ0) is 16.8. The van der Waals surface area contributed by atoms with Crippen LogP contribution in [-0.4, -0.2) is 23.1 Å². The molecule has 0 fully saturated rings. The molecular formula is C19H18N4O. The van der Waals surface area contributed by atoms with Crippen molar-refractivity contribution in [1.82, 2.24) is 10.3 Å². The lowest BCUT2D eigenvalue weighted by atomic mass is 10.0. The van der Waals surface area contributed by atoms with Crippen LogP contribution in [0.25, 0.3) is 11.1 Å². The average Bonchev–Trinajstić information content (AvgIpc) is 3.41. The van der Waals surface area contributed by atoms with Crippen LogP contribution in [0.4, 0.5) is 0 Å². The number of nitrogens with one attached hydrogen (secondary N) is 1. The Morgan fingerprint density at radius 3 is 2.67 bits per heavy atom. The zero-order valence-electron chi connectivity index (χ0n) is 13.3. The third-order valence-electron chi connectivity index (χ3n) is 4.01. The maximum atomic E-state index is 12.5. The Hall–Kier alpha value is -3.00. The van der Waals surface area contributed by atoms with Crippen molar-refractivity contribution in [2.45, 2.75) is 24.9 Å².